The molecular weight excluding hydrogens is 492 g/mol. The first kappa shape index (κ1) is 24.8. The highest BCUT2D eigenvalue weighted by Crippen LogP contribution is 2.33. The second kappa shape index (κ2) is 11.0. The van der Waals surface area contributed by atoms with Gasteiger partial charge in [-0.15, -0.1) is 0 Å². The molecule has 0 bridgehead atoms. The molecule has 1 saturated heterocycles. The maximum atomic E-state index is 13.1. The van der Waals surface area contributed by atoms with Gasteiger partial charge >= 0.3 is 0 Å². The van der Waals surface area contributed by atoms with E-state index >= 15 is 0 Å². The highest BCUT2D eigenvalue weighted by Gasteiger charge is 2.23. The van der Waals surface area contributed by atoms with Crippen molar-refractivity contribution < 1.29 is 9.53 Å². The monoisotopic (exact) mass is 520 g/mol. The number of morpholine rings is 1. The van der Waals surface area contributed by atoms with Gasteiger partial charge in [0.2, 0.25) is 5.91 Å². The fourth-order valence-electron chi connectivity index (χ4n) is 4.35. The third-order valence-corrected chi connectivity index (χ3v) is 7.66. The maximum absolute atomic E-state index is 13.1. The lowest BCUT2D eigenvalue weighted by Crippen LogP contribution is -2.35. The summed E-state index contributed by atoms with van der Waals surface area (Å²) < 4.78 is 7.71. The van der Waals surface area contributed by atoms with E-state index in [0.717, 1.165) is 60.3 Å². The van der Waals surface area contributed by atoms with Crippen LogP contribution in [0, 0.1) is 6.92 Å². The predicted molar refractivity (Wildman–Crippen MR) is 147 cm³/mol. The number of rotatable bonds is 7. The van der Waals surface area contributed by atoms with Crippen LogP contribution in [0.2, 0.25) is 5.02 Å². The quantitative estimate of drug-likeness (QED) is 0.306. The normalized spacial score (nSPS) is 15.2. The van der Waals surface area contributed by atoms with Crippen LogP contribution in [0.1, 0.15) is 18.1 Å². The largest absolute Gasteiger partial charge is 0.379 e. The molecule has 186 valence electrons. The number of nitrogens with one attached hydrogen (secondary N) is 1. The fraction of sp³-hybridized carbons (Fsp3) is 0.286. The number of carbonyl (C=O) groups is 1. The van der Waals surface area contributed by atoms with E-state index in [2.05, 4.69) is 45.1 Å². The minimum Gasteiger partial charge on any atom is -0.379 e. The van der Waals surface area contributed by atoms with Crippen LogP contribution in [0.5, 0.6) is 0 Å². The van der Waals surface area contributed by atoms with E-state index in [1.165, 1.54) is 17.3 Å². The molecule has 0 radical (unpaired) electrons. The van der Waals surface area contributed by atoms with Crippen molar-refractivity contribution in [2.45, 2.75) is 30.8 Å². The molecular formula is C28H29ClN4O2S. The Labute approximate surface area is 220 Å². The summed E-state index contributed by atoms with van der Waals surface area (Å²) in [5.41, 5.74) is 5.87. The lowest BCUT2D eigenvalue weighted by Gasteiger charge is -2.27. The standard InChI is InChI=1S/C28H29ClN4O2S/c1-19-11-12-23(22(29)17-19)30-27(34)20(2)36-28-31-24-8-4-6-10-26(24)33(28)25-9-5-3-7-21(25)18-32-13-15-35-16-14-32/h3-12,17,20H,13-16,18H2,1-2H3,(H,30,34). The van der Waals surface area contributed by atoms with E-state index in [0.29, 0.717) is 10.7 Å². The molecule has 1 aliphatic heterocycles. The molecule has 1 atom stereocenters. The van der Waals surface area contributed by atoms with Crippen LogP contribution < -0.4 is 5.32 Å². The molecule has 36 heavy (non-hydrogen) atoms. The van der Waals surface area contributed by atoms with Crippen LogP contribution in [-0.2, 0) is 16.1 Å². The Kier molecular flexibility index (Phi) is 7.62. The number of aromatic nitrogens is 2. The van der Waals surface area contributed by atoms with Gasteiger partial charge in [-0.2, -0.15) is 0 Å². The summed E-state index contributed by atoms with van der Waals surface area (Å²) in [6.07, 6.45) is 0. The van der Waals surface area contributed by atoms with Gasteiger partial charge in [0, 0.05) is 19.6 Å². The summed E-state index contributed by atoms with van der Waals surface area (Å²) in [5.74, 6) is -0.119. The molecule has 0 aliphatic carbocycles. The third-order valence-electron chi connectivity index (χ3n) is 6.29. The zero-order valence-electron chi connectivity index (χ0n) is 20.4. The van der Waals surface area contributed by atoms with Crippen molar-refractivity contribution in [2.75, 3.05) is 31.6 Å². The van der Waals surface area contributed by atoms with Gasteiger partial charge in [-0.1, -0.05) is 59.8 Å². The smallest absolute Gasteiger partial charge is 0.237 e. The summed E-state index contributed by atoms with van der Waals surface area (Å²) in [6, 6.07) is 22.1. The van der Waals surface area contributed by atoms with Crippen LogP contribution in [-0.4, -0.2) is 51.9 Å². The molecule has 2 heterocycles. The molecule has 1 aliphatic rings. The minimum absolute atomic E-state index is 0.119. The van der Waals surface area contributed by atoms with Gasteiger partial charge in [0.05, 0.1) is 45.9 Å². The summed E-state index contributed by atoms with van der Waals surface area (Å²) in [4.78, 5) is 20.4. The van der Waals surface area contributed by atoms with Crippen LogP contribution in [0.15, 0.2) is 71.9 Å². The summed E-state index contributed by atoms with van der Waals surface area (Å²) in [6.45, 7) is 8.05. The topological polar surface area (TPSA) is 59.4 Å². The number of aryl methyl sites for hydroxylation is 1. The zero-order chi connectivity index (χ0) is 25.1. The van der Waals surface area contributed by atoms with Gasteiger partial charge in [-0.05, 0) is 55.3 Å². The van der Waals surface area contributed by atoms with E-state index in [1.54, 1.807) is 0 Å². The molecule has 3 aromatic carbocycles. The lowest BCUT2D eigenvalue weighted by atomic mass is 10.1. The van der Waals surface area contributed by atoms with Crippen molar-refractivity contribution in [3.63, 3.8) is 0 Å². The Morgan fingerprint density at radius 3 is 2.67 bits per heavy atom. The third kappa shape index (κ3) is 5.44. The summed E-state index contributed by atoms with van der Waals surface area (Å²) in [7, 11) is 0. The maximum Gasteiger partial charge on any atom is 0.237 e. The first-order chi connectivity index (χ1) is 17.5. The van der Waals surface area contributed by atoms with Crippen molar-refractivity contribution in [3.05, 3.63) is 82.9 Å². The van der Waals surface area contributed by atoms with E-state index in [9.17, 15) is 4.79 Å². The number of hydrogen-bond acceptors (Lipinski definition) is 5. The average molecular weight is 521 g/mol. The van der Waals surface area contributed by atoms with E-state index in [4.69, 9.17) is 21.3 Å². The predicted octanol–water partition coefficient (Wildman–Crippen LogP) is 5.94. The molecule has 8 heteroatoms. The summed E-state index contributed by atoms with van der Waals surface area (Å²) in [5, 5.41) is 3.90. The number of para-hydroxylation sites is 3. The number of amides is 1. The Hall–Kier alpha value is -2.84. The molecule has 1 unspecified atom stereocenters. The highest BCUT2D eigenvalue weighted by molar-refractivity contribution is 8.00. The van der Waals surface area contributed by atoms with Crippen molar-refractivity contribution in [2.24, 2.45) is 0 Å². The second-order valence-electron chi connectivity index (χ2n) is 8.97. The highest BCUT2D eigenvalue weighted by atomic mass is 35.5. The number of benzene rings is 3. The average Bonchev–Trinajstić information content (AvgIpc) is 3.24. The van der Waals surface area contributed by atoms with Gasteiger partial charge in [-0.25, -0.2) is 4.98 Å². The number of thioether (sulfide) groups is 1. The van der Waals surface area contributed by atoms with Crippen LogP contribution in [0.3, 0.4) is 0 Å². The van der Waals surface area contributed by atoms with Gasteiger partial charge in [0.15, 0.2) is 5.16 Å². The zero-order valence-corrected chi connectivity index (χ0v) is 22.0. The molecule has 1 fully saturated rings. The number of nitrogens with zero attached hydrogens (tertiary/aromatic N) is 3. The number of anilines is 1. The van der Waals surface area contributed by atoms with E-state index in [1.807, 2.05) is 50.2 Å². The van der Waals surface area contributed by atoms with Gasteiger partial charge < -0.3 is 10.1 Å². The number of imidazole rings is 1. The Balaban J connectivity index is 1.45. The van der Waals surface area contributed by atoms with Crippen LogP contribution >= 0.6 is 23.4 Å². The number of ether oxygens (including phenoxy) is 1. The molecule has 1 amide bonds. The second-order valence-corrected chi connectivity index (χ2v) is 10.7. The first-order valence-electron chi connectivity index (χ1n) is 12.1. The van der Waals surface area contributed by atoms with Gasteiger partial charge in [-0.3, -0.25) is 14.3 Å². The van der Waals surface area contributed by atoms with Gasteiger partial charge in [0.1, 0.15) is 0 Å². The molecule has 5 rings (SSSR count). The van der Waals surface area contributed by atoms with Crippen molar-refractivity contribution >= 4 is 46.0 Å². The van der Waals surface area contributed by atoms with E-state index < -0.39 is 0 Å². The summed E-state index contributed by atoms with van der Waals surface area (Å²) >= 11 is 7.79. The molecule has 6 nitrogen and oxygen atoms in total. The number of fused-ring (bicyclic) bond motifs is 1. The number of halogens is 1. The first-order valence-corrected chi connectivity index (χ1v) is 13.3. The fourth-order valence-corrected chi connectivity index (χ4v) is 5.56. The van der Waals surface area contributed by atoms with Crippen LogP contribution in [0.25, 0.3) is 16.7 Å². The van der Waals surface area contributed by atoms with Gasteiger partial charge in [0.25, 0.3) is 0 Å². The van der Waals surface area contributed by atoms with Crippen molar-refractivity contribution in [3.8, 4) is 5.69 Å². The number of hydrogen-bond donors (Lipinski definition) is 1. The lowest BCUT2D eigenvalue weighted by molar-refractivity contribution is -0.115. The molecule has 1 N–H and O–H groups in total. The Morgan fingerprint density at radius 1 is 1.11 bits per heavy atom. The number of carbonyl (C=O) groups excluding carboxylic acids is 1. The van der Waals surface area contributed by atoms with Crippen molar-refractivity contribution in [1.82, 2.24) is 14.5 Å². The van der Waals surface area contributed by atoms with Crippen LogP contribution in [0.4, 0.5) is 5.69 Å². The Bertz CT molecular complexity index is 1380. The molecule has 0 spiro atoms. The Morgan fingerprint density at radius 2 is 1.86 bits per heavy atom. The SMILES string of the molecule is Cc1ccc(NC(=O)C(C)Sc2nc3ccccc3n2-c2ccccc2CN2CCOCC2)c(Cl)c1. The van der Waals surface area contributed by atoms with Crippen molar-refractivity contribution in [1.29, 1.82) is 0 Å². The molecule has 4 aromatic rings. The molecule has 0 saturated carbocycles. The van der Waals surface area contributed by atoms with E-state index in [-0.39, 0.29) is 11.2 Å². The molecule has 1 aromatic heterocycles. The minimum atomic E-state index is -0.385.